The number of carbonyl (C=O) groups excluding carboxylic acids is 1. The van der Waals surface area contributed by atoms with Crippen LogP contribution in [0.25, 0.3) is 11.3 Å². The number of aromatic amines is 1. The molecule has 8 nitrogen and oxygen atoms in total. The summed E-state index contributed by atoms with van der Waals surface area (Å²) in [4.78, 5) is 23.5. The Morgan fingerprint density at radius 1 is 1.20 bits per heavy atom. The van der Waals surface area contributed by atoms with E-state index in [1.54, 1.807) is 12.3 Å². The number of benzene rings is 1. The fraction of sp³-hybridized carbons (Fsp3) is 0.400. The van der Waals surface area contributed by atoms with Crippen LogP contribution in [0.2, 0.25) is 5.02 Å². The highest BCUT2D eigenvalue weighted by Gasteiger charge is 2.19. The first-order valence-corrected chi connectivity index (χ1v) is 12.0. The summed E-state index contributed by atoms with van der Waals surface area (Å²) < 4.78 is 19.1. The van der Waals surface area contributed by atoms with E-state index in [0.29, 0.717) is 21.8 Å². The number of hydrogen-bond donors (Lipinski definition) is 4. The van der Waals surface area contributed by atoms with Crippen LogP contribution >= 0.6 is 11.6 Å². The first-order valence-electron chi connectivity index (χ1n) is 11.6. The van der Waals surface area contributed by atoms with Gasteiger partial charge >= 0.3 is 0 Å². The Morgan fingerprint density at radius 2 is 1.91 bits per heavy atom. The molecular formula is C25H32ClFN6O2. The van der Waals surface area contributed by atoms with Gasteiger partial charge in [0.1, 0.15) is 11.5 Å². The predicted octanol–water partition coefficient (Wildman–Crippen LogP) is 4.59. The summed E-state index contributed by atoms with van der Waals surface area (Å²) in [5.41, 5.74) is 14.2. The van der Waals surface area contributed by atoms with Gasteiger partial charge in [-0.3, -0.25) is 4.79 Å². The Bertz CT molecular complexity index is 1120. The van der Waals surface area contributed by atoms with Gasteiger partial charge in [-0.05, 0) is 54.5 Å². The van der Waals surface area contributed by atoms with Crippen LogP contribution in [-0.2, 0) is 4.74 Å². The lowest BCUT2D eigenvalue weighted by molar-refractivity contribution is 0.0933. The van der Waals surface area contributed by atoms with Gasteiger partial charge in [-0.25, -0.2) is 14.4 Å². The molecule has 1 unspecified atom stereocenters. The van der Waals surface area contributed by atoms with Crippen molar-refractivity contribution >= 4 is 23.5 Å². The number of nitrogens with one attached hydrogen (secondary N) is 2. The van der Waals surface area contributed by atoms with E-state index in [9.17, 15) is 9.18 Å². The topological polar surface area (TPSA) is 132 Å². The second-order valence-electron chi connectivity index (χ2n) is 8.63. The molecule has 188 valence electrons. The molecule has 1 amide bonds. The van der Waals surface area contributed by atoms with Crippen molar-refractivity contribution in [2.45, 2.75) is 45.1 Å². The fourth-order valence-corrected chi connectivity index (χ4v) is 3.82. The van der Waals surface area contributed by atoms with Crippen molar-refractivity contribution < 1.29 is 13.9 Å². The van der Waals surface area contributed by atoms with Crippen molar-refractivity contribution in [2.24, 2.45) is 5.73 Å². The molecule has 3 aromatic rings. The van der Waals surface area contributed by atoms with Crippen LogP contribution in [-0.4, -0.2) is 40.6 Å². The third-order valence-electron chi connectivity index (χ3n) is 5.59. The van der Waals surface area contributed by atoms with Crippen molar-refractivity contribution in [3.63, 3.8) is 0 Å². The van der Waals surface area contributed by atoms with Gasteiger partial charge in [-0.2, -0.15) is 0 Å². The van der Waals surface area contributed by atoms with Crippen LogP contribution in [0, 0.1) is 5.82 Å². The molecule has 35 heavy (non-hydrogen) atoms. The summed E-state index contributed by atoms with van der Waals surface area (Å²) in [5, 5.41) is 3.14. The molecule has 4 rings (SSSR count). The maximum Gasteiger partial charge on any atom is 0.268 e. The predicted molar refractivity (Wildman–Crippen MR) is 136 cm³/mol. The lowest BCUT2D eigenvalue weighted by Crippen LogP contribution is -2.33. The molecule has 1 aliphatic rings. The van der Waals surface area contributed by atoms with Crippen LogP contribution in [0.15, 0.2) is 36.7 Å². The van der Waals surface area contributed by atoms with Gasteiger partial charge in [0.05, 0.1) is 23.0 Å². The Balaban J connectivity index is 0.000000497. The highest BCUT2D eigenvalue weighted by molar-refractivity contribution is 6.32. The summed E-state index contributed by atoms with van der Waals surface area (Å²) in [7, 11) is 0. The Hall–Kier alpha value is -3.01. The van der Waals surface area contributed by atoms with Crippen molar-refractivity contribution in [1.82, 2.24) is 20.3 Å². The first kappa shape index (κ1) is 26.6. The Labute approximate surface area is 209 Å². The number of rotatable bonds is 6. The second-order valence-corrected chi connectivity index (χ2v) is 9.04. The van der Waals surface area contributed by atoms with E-state index in [1.165, 1.54) is 37.6 Å². The van der Waals surface area contributed by atoms with E-state index < -0.39 is 6.04 Å². The quantitative estimate of drug-likeness (QED) is 0.390. The number of aromatic nitrogens is 3. The van der Waals surface area contributed by atoms with Gasteiger partial charge in [-0.1, -0.05) is 31.5 Å². The van der Waals surface area contributed by atoms with Crippen LogP contribution in [0.3, 0.4) is 0 Å². The minimum Gasteiger partial charge on any atom is -0.381 e. The van der Waals surface area contributed by atoms with Gasteiger partial charge in [0.2, 0.25) is 5.95 Å². The lowest BCUT2D eigenvalue weighted by atomic mass is 9.97. The summed E-state index contributed by atoms with van der Waals surface area (Å²) >= 11 is 6.11. The molecule has 0 radical (unpaired) electrons. The van der Waals surface area contributed by atoms with Gasteiger partial charge in [0, 0.05) is 31.5 Å². The molecule has 1 atom stereocenters. The molecule has 10 heteroatoms. The second kappa shape index (κ2) is 12.6. The maximum atomic E-state index is 14.0. The van der Waals surface area contributed by atoms with E-state index >= 15 is 0 Å². The molecule has 0 bridgehead atoms. The van der Waals surface area contributed by atoms with Crippen LogP contribution < -0.4 is 16.8 Å². The molecule has 2 aromatic heterocycles. The number of nitrogen functional groups attached to an aromatic ring is 1. The molecule has 1 saturated heterocycles. The molecule has 0 aliphatic carbocycles. The standard InChI is InChI=1S/C20H22ClFN6O.C5H10O/c1-10(2)11-3-12(5-14(22)4-11)17(7-23)27-19(29)16-6-13(8-25-16)18-15(21)9-26-20(24)28-18;1-2-4-6-5-3-1/h3-6,8-10,17,25H,7,23H2,1-2H3,(H,27,29)(H2,24,26,28);1-5H2. The Morgan fingerprint density at radius 3 is 2.51 bits per heavy atom. The average molecular weight is 503 g/mol. The zero-order valence-electron chi connectivity index (χ0n) is 20.0. The molecule has 1 aromatic carbocycles. The fourth-order valence-electron chi connectivity index (χ4n) is 3.62. The van der Waals surface area contributed by atoms with Gasteiger partial charge in [-0.15, -0.1) is 0 Å². The summed E-state index contributed by atoms with van der Waals surface area (Å²) in [5.74, 6) is -0.529. The summed E-state index contributed by atoms with van der Waals surface area (Å²) in [6, 6.07) is 5.78. The van der Waals surface area contributed by atoms with Crippen molar-refractivity contribution in [3.8, 4) is 11.3 Å². The number of H-pyrrole nitrogens is 1. The van der Waals surface area contributed by atoms with E-state index in [1.807, 2.05) is 19.9 Å². The van der Waals surface area contributed by atoms with Crippen molar-refractivity contribution in [1.29, 1.82) is 0 Å². The highest BCUT2D eigenvalue weighted by Crippen LogP contribution is 2.27. The van der Waals surface area contributed by atoms with E-state index in [-0.39, 0.29) is 35.8 Å². The average Bonchev–Trinajstić information content (AvgIpc) is 3.35. The van der Waals surface area contributed by atoms with E-state index in [0.717, 1.165) is 18.8 Å². The normalized spacial score (nSPS) is 14.2. The molecule has 0 saturated carbocycles. The number of hydrogen-bond acceptors (Lipinski definition) is 6. The number of nitrogens with zero attached hydrogens (tertiary/aromatic N) is 2. The number of anilines is 1. The number of amides is 1. The summed E-state index contributed by atoms with van der Waals surface area (Å²) in [6.07, 6.45) is 6.92. The van der Waals surface area contributed by atoms with Gasteiger partial charge in [0.25, 0.3) is 5.91 Å². The van der Waals surface area contributed by atoms with Crippen LogP contribution in [0.5, 0.6) is 0 Å². The lowest BCUT2D eigenvalue weighted by Gasteiger charge is -2.19. The zero-order valence-corrected chi connectivity index (χ0v) is 20.7. The molecule has 3 heterocycles. The molecule has 0 spiro atoms. The number of carbonyl (C=O) groups is 1. The SMILES string of the molecule is C1CCOCC1.CC(C)c1cc(F)cc(C(CN)NC(=O)c2cc(-c3nc(N)ncc3Cl)c[nH]2)c1. The van der Waals surface area contributed by atoms with Crippen LogP contribution in [0.1, 0.15) is 66.7 Å². The first-order chi connectivity index (χ1) is 16.8. The number of ether oxygens (including phenoxy) is 1. The van der Waals surface area contributed by atoms with E-state index in [2.05, 4.69) is 20.3 Å². The van der Waals surface area contributed by atoms with Crippen LogP contribution in [0.4, 0.5) is 10.3 Å². The third kappa shape index (κ3) is 7.48. The van der Waals surface area contributed by atoms with Gasteiger partial charge < -0.3 is 26.5 Å². The van der Waals surface area contributed by atoms with Crippen molar-refractivity contribution in [2.75, 3.05) is 25.5 Å². The molecule has 6 N–H and O–H groups in total. The molecule has 1 fully saturated rings. The maximum absolute atomic E-state index is 14.0. The smallest absolute Gasteiger partial charge is 0.268 e. The third-order valence-corrected chi connectivity index (χ3v) is 5.87. The minimum absolute atomic E-state index is 0.0758. The minimum atomic E-state index is -0.541. The largest absolute Gasteiger partial charge is 0.381 e. The summed E-state index contributed by atoms with van der Waals surface area (Å²) in [6.45, 7) is 6.06. The number of nitrogens with two attached hydrogens (primary N) is 2. The molecular weight excluding hydrogens is 471 g/mol. The monoisotopic (exact) mass is 502 g/mol. The zero-order chi connectivity index (χ0) is 25.4. The van der Waals surface area contributed by atoms with Gasteiger partial charge in [0.15, 0.2) is 0 Å². The number of halogens is 2. The Kier molecular flexibility index (Phi) is 9.59. The van der Waals surface area contributed by atoms with Crippen molar-refractivity contribution in [3.05, 3.63) is 64.3 Å². The molecule has 1 aliphatic heterocycles. The van der Waals surface area contributed by atoms with E-state index in [4.69, 9.17) is 27.8 Å². The highest BCUT2D eigenvalue weighted by atomic mass is 35.5.